The Balaban J connectivity index is 1.96. The first kappa shape index (κ1) is 28.6. The minimum Gasteiger partial charge on any atom is -0.494 e. The predicted molar refractivity (Wildman–Crippen MR) is 132 cm³/mol. The van der Waals surface area contributed by atoms with Gasteiger partial charge in [0.15, 0.2) is 0 Å². The summed E-state index contributed by atoms with van der Waals surface area (Å²) in [6.45, 7) is 5.90. The number of esters is 1. The van der Waals surface area contributed by atoms with E-state index >= 15 is 0 Å². The van der Waals surface area contributed by atoms with Crippen LogP contribution in [0.5, 0.6) is 5.75 Å². The highest BCUT2D eigenvalue weighted by Crippen LogP contribution is 2.13. The highest BCUT2D eigenvalue weighted by atomic mass is 32.2. The number of hydrogen-bond acceptors (Lipinski definition) is 9. The molecule has 2 aromatic rings. The molecule has 1 aromatic heterocycles. The van der Waals surface area contributed by atoms with Crippen molar-refractivity contribution >= 4 is 22.2 Å². The number of nitrogens with one attached hydrogen (secondary N) is 1. The largest absolute Gasteiger partial charge is 0.494 e. The number of carbonyl (C=O) groups excluding carboxylic acids is 2. The molecule has 0 unspecified atom stereocenters. The molecule has 0 atom stereocenters. The van der Waals surface area contributed by atoms with Gasteiger partial charge < -0.3 is 19.5 Å². The molecule has 36 heavy (non-hydrogen) atoms. The molecule has 0 saturated carbocycles. The average molecular weight is 519 g/mol. The van der Waals surface area contributed by atoms with Crippen LogP contribution in [-0.4, -0.2) is 57.6 Å². The molecule has 0 aliphatic rings. The SMILES string of the molecule is COC(=O)c1cc(C#Cc2ccc(OCCCNC(=O)OC(C)(C)C)cc2)cc(COS(C)(=O)=O)n1. The summed E-state index contributed by atoms with van der Waals surface area (Å²) in [7, 11) is -2.46. The summed E-state index contributed by atoms with van der Waals surface area (Å²) in [6.07, 6.45) is 1.07. The van der Waals surface area contributed by atoms with Crippen molar-refractivity contribution in [2.24, 2.45) is 0 Å². The van der Waals surface area contributed by atoms with Crippen LogP contribution in [-0.2, 0) is 30.4 Å². The van der Waals surface area contributed by atoms with Crippen LogP contribution < -0.4 is 10.1 Å². The lowest BCUT2D eigenvalue weighted by atomic mass is 10.1. The van der Waals surface area contributed by atoms with Gasteiger partial charge in [0.2, 0.25) is 0 Å². The second-order valence-electron chi connectivity index (χ2n) is 8.60. The molecule has 194 valence electrons. The number of alkyl carbamates (subject to hydrolysis) is 1. The van der Waals surface area contributed by atoms with E-state index in [4.69, 9.17) is 18.4 Å². The molecule has 0 bridgehead atoms. The van der Waals surface area contributed by atoms with E-state index in [-0.39, 0.29) is 18.0 Å². The van der Waals surface area contributed by atoms with Crippen LogP contribution in [0.15, 0.2) is 36.4 Å². The second-order valence-corrected chi connectivity index (χ2v) is 10.2. The zero-order chi connectivity index (χ0) is 26.8. The van der Waals surface area contributed by atoms with E-state index in [1.54, 1.807) is 45.0 Å². The Morgan fingerprint density at radius 1 is 1.06 bits per heavy atom. The van der Waals surface area contributed by atoms with Gasteiger partial charge in [-0.1, -0.05) is 11.8 Å². The first-order valence-electron chi connectivity index (χ1n) is 11.0. The Hall–Kier alpha value is -3.62. The van der Waals surface area contributed by atoms with Gasteiger partial charge in [-0.25, -0.2) is 14.6 Å². The molecule has 0 aliphatic heterocycles. The predicted octanol–water partition coefficient (Wildman–Crippen LogP) is 3.04. The van der Waals surface area contributed by atoms with Crippen molar-refractivity contribution in [1.82, 2.24) is 10.3 Å². The summed E-state index contributed by atoms with van der Waals surface area (Å²) in [5, 5.41) is 2.67. The molecule has 0 spiro atoms. The van der Waals surface area contributed by atoms with Crippen molar-refractivity contribution in [3.8, 4) is 17.6 Å². The van der Waals surface area contributed by atoms with E-state index in [1.807, 2.05) is 0 Å². The van der Waals surface area contributed by atoms with Crippen LogP contribution in [0.2, 0.25) is 0 Å². The lowest BCUT2D eigenvalue weighted by molar-refractivity contribution is 0.0524. The van der Waals surface area contributed by atoms with Crippen LogP contribution >= 0.6 is 0 Å². The molecule has 1 amide bonds. The topological polar surface area (TPSA) is 130 Å². The van der Waals surface area contributed by atoms with E-state index in [2.05, 4.69) is 22.1 Å². The van der Waals surface area contributed by atoms with Crippen molar-refractivity contribution < 1.29 is 36.4 Å². The molecule has 0 radical (unpaired) electrons. The summed E-state index contributed by atoms with van der Waals surface area (Å²) in [5.74, 6) is 5.87. The third kappa shape index (κ3) is 11.2. The maximum absolute atomic E-state index is 11.9. The average Bonchev–Trinajstić information content (AvgIpc) is 2.79. The molecule has 1 aromatic carbocycles. The van der Waals surface area contributed by atoms with E-state index in [9.17, 15) is 18.0 Å². The van der Waals surface area contributed by atoms with Gasteiger partial charge in [-0.3, -0.25) is 4.18 Å². The molecular weight excluding hydrogens is 488 g/mol. The minimum absolute atomic E-state index is 0.0127. The van der Waals surface area contributed by atoms with Crippen LogP contribution in [0.25, 0.3) is 0 Å². The first-order valence-corrected chi connectivity index (χ1v) is 12.8. The Morgan fingerprint density at radius 2 is 1.72 bits per heavy atom. The van der Waals surface area contributed by atoms with Crippen LogP contribution in [0.3, 0.4) is 0 Å². The molecule has 1 N–H and O–H groups in total. The third-order valence-electron chi connectivity index (χ3n) is 4.16. The van der Waals surface area contributed by atoms with Crippen molar-refractivity contribution in [1.29, 1.82) is 0 Å². The van der Waals surface area contributed by atoms with Gasteiger partial charge in [-0.05, 0) is 63.6 Å². The van der Waals surface area contributed by atoms with Gasteiger partial charge >= 0.3 is 12.1 Å². The van der Waals surface area contributed by atoms with E-state index < -0.39 is 27.8 Å². The van der Waals surface area contributed by atoms with Crippen molar-refractivity contribution in [3.05, 3.63) is 58.9 Å². The number of rotatable bonds is 9. The Kier molecular flexibility index (Phi) is 10.3. The van der Waals surface area contributed by atoms with Crippen molar-refractivity contribution in [2.75, 3.05) is 26.5 Å². The van der Waals surface area contributed by atoms with Gasteiger partial charge in [0, 0.05) is 17.7 Å². The van der Waals surface area contributed by atoms with E-state index in [1.165, 1.54) is 19.2 Å². The maximum Gasteiger partial charge on any atom is 0.407 e. The normalized spacial score (nSPS) is 11.1. The van der Waals surface area contributed by atoms with E-state index in [0.29, 0.717) is 36.4 Å². The van der Waals surface area contributed by atoms with Gasteiger partial charge in [0.1, 0.15) is 23.7 Å². The number of benzene rings is 1. The van der Waals surface area contributed by atoms with Crippen LogP contribution in [0, 0.1) is 11.8 Å². The van der Waals surface area contributed by atoms with E-state index in [0.717, 1.165) is 6.26 Å². The van der Waals surface area contributed by atoms with Crippen LogP contribution in [0.4, 0.5) is 4.79 Å². The second kappa shape index (κ2) is 12.9. The highest BCUT2D eigenvalue weighted by Gasteiger charge is 2.15. The zero-order valence-electron chi connectivity index (χ0n) is 20.9. The summed E-state index contributed by atoms with van der Waals surface area (Å²) >= 11 is 0. The quantitative estimate of drug-likeness (QED) is 0.230. The summed E-state index contributed by atoms with van der Waals surface area (Å²) in [6, 6.07) is 10.1. The molecule has 11 heteroatoms. The number of carbonyl (C=O) groups is 2. The third-order valence-corrected chi connectivity index (χ3v) is 4.70. The van der Waals surface area contributed by atoms with Crippen molar-refractivity contribution in [3.63, 3.8) is 0 Å². The monoisotopic (exact) mass is 518 g/mol. The van der Waals surface area contributed by atoms with Crippen LogP contribution in [0.1, 0.15) is 54.5 Å². The fourth-order valence-electron chi connectivity index (χ4n) is 2.66. The molecular formula is C25H30N2O8S. The van der Waals surface area contributed by atoms with Gasteiger partial charge in [0.25, 0.3) is 10.1 Å². The summed E-state index contributed by atoms with van der Waals surface area (Å²) in [4.78, 5) is 27.6. The lowest BCUT2D eigenvalue weighted by Crippen LogP contribution is -2.33. The van der Waals surface area contributed by atoms with Gasteiger partial charge in [0.05, 0.1) is 25.7 Å². The maximum atomic E-state index is 11.9. The molecule has 1 heterocycles. The number of nitrogens with zero attached hydrogens (tertiary/aromatic N) is 1. The number of pyridine rings is 1. The minimum atomic E-state index is -3.68. The molecule has 0 fully saturated rings. The fourth-order valence-corrected chi connectivity index (χ4v) is 2.99. The fraction of sp³-hybridized carbons (Fsp3) is 0.400. The van der Waals surface area contributed by atoms with Crippen molar-refractivity contribution in [2.45, 2.75) is 39.4 Å². The number of hydrogen-bond donors (Lipinski definition) is 1. The number of methoxy groups -OCH3 is 1. The number of amides is 1. The Bertz CT molecular complexity index is 1220. The Labute approximate surface area is 211 Å². The number of ether oxygens (including phenoxy) is 3. The smallest absolute Gasteiger partial charge is 0.407 e. The Morgan fingerprint density at radius 3 is 2.33 bits per heavy atom. The van der Waals surface area contributed by atoms with Gasteiger partial charge in [-0.2, -0.15) is 8.42 Å². The first-order chi connectivity index (χ1) is 16.8. The highest BCUT2D eigenvalue weighted by molar-refractivity contribution is 7.85. The molecule has 0 aliphatic carbocycles. The zero-order valence-corrected chi connectivity index (χ0v) is 21.7. The standard InChI is InChI=1S/C25H30N2O8S/c1-25(2,3)35-24(29)26-13-6-14-33-21-11-9-18(10-12-21)7-8-19-15-20(17-34-36(5,30)31)27-22(16-19)23(28)32-4/h9-12,15-16H,6,13-14,17H2,1-5H3,(H,26,29). The summed E-state index contributed by atoms with van der Waals surface area (Å²) < 4.78 is 42.8. The molecule has 0 saturated heterocycles. The molecule has 10 nitrogen and oxygen atoms in total. The molecule has 2 rings (SSSR count). The lowest BCUT2D eigenvalue weighted by Gasteiger charge is -2.19. The number of aromatic nitrogens is 1. The van der Waals surface area contributed by atoms with Gasteiger partial charge in [-0.15, -0.1) is 0 Å². The summed E-state index contributed by atoms with van der Waals surface area (Å²) in [5.41, 5.74) is 0.801.